The maximum absolute atomic E-state index is 12.3. The number of anilines is 1. The van der Waals surface area contributed by atoms with Gasteiger partial charge in [0.2, 0.25) is 0 Å². The van der Waals surface area contributed by atoms with Gasteiger partial charge in [0.1, 0.15) is 0 Å². The van der Waals surface area contributed by atoms with Crippen LogP contribution < -0.4 is 11.1 Å². The lowest BCUT2D eigenvalue weighted by Gasteiger charge is -2.31. The first-order valence-electron chi connectivity index (χ1n) is 8.77. The molecule has 1 aliphatic heterocycles. The monoisotopic (exact) mass is 339 g/mol. The molecule has 2 heterocycles. The van der Waals surface area contributed by atoms with E-state index in [1.54, 1.807) is 0 Å². The highest BCUT2D eigenvalue weighted by molar-refractivity contribution is 5.96. The van der Waals surface area contributed by atoms with Crippen LogP contribution >= 0.6 is 0 Å². The van der Waals surface area contributed by atoms with E-state index in [1.807, 2.05) is 6.07 Å². The number of amides is 1. The predicted molar refractivity (Wildman–Crippen MR) is 97.7 cm³/mol. The maximum atomic E-state index is 12.3. The van der Waals surface area contributed by atoms with Crippen molar-refractivity contribution in [1.29, 1.82) is 0 Å². The maximum Gasteiger partial charge on any atom is 0.273 e. The van der Waals surface area contributed by atoms with E-state index in [9.17, 15) is 4.79 Å². The van der Waals surface area contributed by atoms with Crippen LogP contribution in [0.25, 0.3) is 0 Å². The van der Waals surface area contributed by atoms with Gasteiger partial charge in [0.25, 0.3) is 5.91 Å². The second-order valence-electron chi connectivity index (χ2n) is 6.72. The van der Waals surface area contributed by atoms with Gasteiger partial charge in [-0.2, -0.15) is 0 Å². The van der Waals surface area contributed by atoms with E-state index < -0.39 is 0 Å². The summed E-state index contributed by atoms with van der Waals surface area (Å²) < 4.78 is 0. The molecule has 1 amide bonds. The van der Waals surface area contributed by atoms with Crippen molar-refractivity contribution < 1.29 is 4.79 Å². The Morgan fingerprint density at radius 2 is 2.04 bits per heavy atom. The van der Waals surface area contributed by atoms with Crippen molar-refractivity contribution in [2.24, 2.45) is 5.92 Å². The molecule has 1 aromatic heterocycles. The standard InChI is InChI=1S/C19H25N5O/c1-14-5-4-10-24(12-14)13-16-7-3-2-6-15(16)11-23-19(25)17-18(20)22-9-8-21-17/h2-3,6-9,14H,4-5,10-13H2,1H3,(H2,20,22)(H,23,25). The van der Waals surface area contributed by atoms with Crippen molar-refractivity contribution in [3.63, 3.8) is 0 Å². The molecule has 6 heteroatoms. The van der Waals surface area contributed by atoms with Gasteiger partial charge in [-0.25, -0.2) is 9.97 Å². The number of benzene rings is 1. The number of nitrogens with two attached hydrogens (primary N) is 1. The molecule has 0 aliphatic carbocycles. The zero-order valence-corrected chi connectivity index (χ0v) is 14.6. The summed E-state index contributed by atoms with van der Waals surface area (Å²) in [5, 5.41) is 2.90. The van der Waals surface area contributed by atoms with Gasteiger partial charge in [0.15, 0.2) is 11.5 Å². The van der Waals surface area contributed by atoms with Crippen LogP contribution in [0.2, 0.25) is 0 Å². The zero-order chi connectivity index (χ0) is 17.6. The molecule has 1 aliphatic rings. The predicted octanol–water partition coefficient (Wildman–Crippen LogP) is 2.22. The number of rotatable bonds is 5. The summed E-state index contributed by atoms with van der Waals surface area (Å²) in [6.45, 7) is 5.96. The Labute approximate surface area is 148 Å². The van der Waals surface area contributed by atoms with E-state index in [4.69, 9.17) is 5.73 Å². The minimum absolute atomic E-state index is 0.149. The molecular weight excluding hydrogens is 314 g/mol. The average Bonchev–Trinajstić information content (AvgIpc) is 2.61. The average molecular weight is 339 g/mol. The molecule has 3 rings (SSSR count). The van der Waals surface area contributed by atoms with Crippen molar-refractivity contribution in [3.05, 3.63) is 53.5 Å². The van der Waals surface area contributed by atoms with Crippen molar-refractivity contribution in [3.8, 4) is 0 Å². The number of aromatic nitrogens is 2. The van der Waals surface area contributed by atoms with Gasteiger partial charge in [-0.15, -0.1) is 0 Å². The number of nitrogens with zero attached hydrogens (tertiary/aromatic N) is 3. The molecule has 1 atom stereocenters. The molecule has 1 fully saturated rings. The van der Waals surface area contributed by atoms with Crippen molar-refractivity contribution >= 4 is 11.7 Å². The van der Waals surface area contributed by atoms with Crippen LogP contribution in [0, 0.1) is 5.92 Å². The number of piperidine rings is 1. The van der Waals surface area contributed by atoms with E-state index in [0.29, 0.717) is 6.54 Å². The van der Waals surface area contributed by atoms with Gasteiger partial charge in [0, 0.05) is 32.0 Å². The molecule has 132 valence electrons. The number of carbonyl (C=O) groups is 1. The van der Waals surface area contributed by atoms with Crippen molar-refractivity contribution in [1.82, 2.24) is 20.2 Å². The van der Waals surface area contributed by atoms with Gasteiger partial charge in [-0.05, 0) is 36.4 Å². The van der Waals surface area contributed by atoms with Crippen LogP contribution in [0.5, 0.6) is 0 Å². The highest BCUT2D eigenvalue weighted by atomic mass is 16.1. The third-order valence-electron chi connectivity index (χ3n) is 4.63. The van der Waals surface area contributed by atoms with Gasteiger partial charge in [-0.1, -0.05) is 31.2 Å². The lowest BCUT2D eigenvalue weighted by molar-refractivity contribution is 0.0946. The molecule has 6 nitrogen and oxygen atoms in total. The Morgan fingerprint density at radius 1 is 1.28 bits per heavy atom. The van der Waals surface area contributed by atoms with E-state index in [0.717, 1.165) is 31.1 Å². The third kappa shape index (κ3) is 4.54. The van der Waals surface area contributed by atoms with Crippen molar-refractivity contribution in [2.75, 3.05) is 18.8 Å². The van der Waals surface area contributed by atoms with Crippen LogP contribution in [-0.4, -0.2) is 33.9 Å². The minimum Gasteiger partial charge on any atom is -0.382 e. The molecule has 1 saturated heterocycles. The lowest BCUT2D eigenvalue weighted by Crippen LogP contribution is -2.34. The fourth-order valence-electron chi connectivity index (χ4n) is 3.34. The molecule has 25 heavy (non-hydrogen) atoms. The molecule has 0 spiro atoms. The Hall–Kier alpha value is -2.47. The Kier molecular flexibility index (Phi) is 5.60. The number of likely N-dealkylation sites (tertiary alicyclic amines) is 1. The van der Waals surface area contributed by atoms with Gasteiger partial charge in [0.05, 0.1) is 0 Å². The van der Waals surface area contributed by atoms with Crippen molar-refractivity contribution in [2.45, 2.75) is 32.9 Å². The molecule has 2 aromatic rings. The molecule has 3 N–H and O–H groups in total. The first-order valence-corrected chi connectivity index (χ1v) is 8.77. The fourth-order valence-corrected chi connectivity index (χ4v) is 3.34. The van der Waals surface area contributed by atoms with Crippen LogP contribution in [-0.2, 0) is 13.1 Å². The number of nitrogen functional groups attached to an aromatic ring is 1. The van der Waals surface area contributed by atoms with Crippen LogP contribution in [0.4, 0.5) is 5.82 Å². The number of carbonyl (C=O) groups excluding carboxylic acids is 1. The highest BCUT2D eigenvalue weighted by Crippen LogP contribution is 2.19. The summed E-state index contributed by atoms with van der Waals surface area (Å²) in [6.07, 6.45) is 5.51. The highest BCUT2D eigenvalue weighted by Gasteiger charge is 2.18. The number of nitrogens with one attached hydrogen (secondary N) is 1. The SMILES string of the molecule is CC1CCCN(Cc2ccccc2CNC(=O)c2nccnc2N)C1. The topological polar surface area (TPSA) is 84.1 Å². The molecule has 0 radical (unpaired) electrons. The molecular formula is C19H25N5O. The number of hydrogen-bond acceptors (Lipinski definition) is 5. The summed E-state index contributed by atoms with van der Waals surface area (Å²) >= 11 is 0. The summed E-state index contributed by atoms with van der Waals surface area (Å²) in [4.78, 5) is 22.7. The summed E-state index contributed by atoms with van der Waals surface area (Å²) in [6, 6.07) is 8.25. The van der Waals surface area contributed by atoms with Crippen LogP contribution in [0.1, 0.15) is 41.4 Å². The fraction of sp³-hybridized carbons (Fsp3) is 0.421. The van der Waals surface area contributed by atoms with Gasteiger partial charge in [-0.3, -0.25) is 9.69 Å². The minimum atomic E-state index is -0.299. The first-order chi connectivity index (χ1) is 12.1. The molecule has 0 bridgehead atoms. The molecule has 0 saturated carbocycles. The Bertz CT molecular complexity index is 733. The Balaban J connectivity index is 1.65. The smallest absolute Gasteiger partial charge is 0.273 e. The van der Waals surface area contributed by atoms with E-state index >= 15 is 0 Å². The van der Waals surface area contributed by atoms with Crippen LogP contribution in [0.3, 0.4) is 0 Å². The summed E-state index contributed by atoms with van der Waals surface area (Å²) in [7, 11) is 0. The van der Waals surface area contributed by atoms with E-state index in [-0.39, 0.29) is 17.4 Å². The largest absolute Gasteiger partial charge is 0.382 e. The van der Waals surface area contributed by atoms with Gasteiger partial charge >= 0.3 is 0 Å². The third-order valence-corrected chi connectivity index (χ3v) is 4.63. The number of hydrogen-bond donors (Lipinski definition) is 2. The zero-order valence-electron chi connectivity index (χ0n) is 14.6. The lowest BCUT2D eigenvalue weighted by atomic mass is 9.99. The Morgan fingerprint density at radius 3 is 2.80 bits per heavy atom. The molecule has 1 aromatic carbocycles. The second-order valence-corrected chi connectivity index (χ2v) is 6.72. The normalized spacial score (nSPS) is 18.0. The summed E-state index contributed by atoms with van der Waals surface area (Å²) in [5.41, 5.74) is 8.26. The van der Waals surface area contributed by atoms with E-state index in [2.05, 4.69) is 45.3 Å². The first kappa shape index (κ1) is 17.4. The van der Waals surface area contributed by atoms with Gasteiger partial charge < -0.3 is 11.1 Å². The molecule has 1 unspecified atom stereocenters. The van der Waals surface area contributed by atoms with E-state index in [1.165, 1.54) is 30.8 Å². The quantitative estimate of drug-likeness (QED) is 0.872. The summed E-state index contributed by atoms with van der Waals surface area (Å²) in [5.74, 6) is 0.600. The van der Waals surface area contributed by atoms with Crippen LogP contribution in [0.15, 0.2) is 36.7 Å². The second kappa shape index (κ2) is 8.07.